The summed E-state index contributed by atoms with van der Waals surface area (Å²) in [6.07, 6.45) is 1.30. The predicted octanol–water partition coefficient (Wildman–Crippen LogP) is 4.96. The largest absolute Gasteiger partial charge is 0.417 e. The topological polar surface area (TPSA) is 35.8 Å². The molecule has 1 aliphatic carbocycles. The van der Waals surface area contributed by atoms with E-state index in [-0.39, 0.29) is 11.0 Å². The fraction of sp³-hybridized carbons (Fsp3) is 0.562. The summed E-state index contributed by atoms with van der Waals surface area (Å²) in [4.78, 5) is 0. The first-order chi connectivity index (χ1) is 9.84. The van der Waals surface area contributed by atoms with Gasteiger partial charge in [0.05, 0.1) is 17.2 Å². The molecule has 0 spiro atoms. The van der Waals surface area contributed by atoms with E-state index in [9.17, 15) is 13.2 Å². The second-order valence-electron chi connectivity index (χ2n) is 6.09. The standard InChI is InChI=1S/C16H19F3N2/c1-15(7-3-2-4-8-15)11-21-13-6-5-12(10-20)14(9-13)16(17,18)19/h5-6,9,21H,2-4,7-8,11H2,1H3. The third kappa shape index (κ3) is 3.90. The number of nitriles is 1. The van der Waals surface area contributed by atoms with E-state index in [2.05, 4.69) is 12.2 Å². The fourth-order valence-electron chi connectivity index (χ4n) is 2.88. The van der Waals surface area contributed by atoms with Gasteiger partial charge in [0, 0.05) is 12.2 Å². The zero-order valence-corrected chi connectivity index (χ0v) is 12.1. The maximum atomic E-state index is 12.9. The smallest absolute Gasteiger partial charge is 0.384 e. The van der Waals surface area contributed by atoms with Crippen LogP contribution in [-0.4, -0.2) is 6.54 Å². The Kier molecular flexibility index (Phi) is 4.46. The van der Waals surface area contributed by atoms with Crippen molar-refractivity contribution in [2.75, 3.05) is 11.9 Å². The van der Waals surface area contributed by atoms with Crippen LogP contribution in [-0.2, 0) is 6.18 Å². The Morgan fingerprint density at radius 3 is 2.48 bits per heavy atom. The molecular formula is C16H19F3N2. The number of nitrogens with zero attached hydrogens (tertiary/aromatic N) is 1. The number of alkyl halides is 3. The van der Waals surface area contributed by atoms with E-state index in [4.69, 9.17) is 5.26 Å². The Labute approximate surface area is 123 Å². The van der Waals surface area contributed by atoms with Gasteiger partial charge in [0.2, 0.25) is 0 Å². The van der Waals surface area contributed by atoms with Crippen LogP contribution in [0.25, 0.3) is 0 Å². The predicted molar refractivity (Wildman–Crippen MR) is 75.8 cm³/mol. The summed E-state index contributed by atoms with van der Waals surface area (Å²) in [5, 5.41) is 11.9. The van der Waals surface area contributed by atoms with Crippen LogP contribution in [0.1, 0.15) is 50.2 Å². The highest BCUT2D eigenvalue weighted by Gasteiger charge is 2.34. The molecule has 0 radical (unpaired) electrons. The average Bonchev–Trinajstić information content (AvgIpc) is 2.45. The Bertz CT molecular complexity index is 537. The molecule has 1 aliphatic rings. The van der Waals surface area contributed by atoms with E-state index in [1.807, 2.05) is 0 Å². The van der Waals surface area contributed by atoms with Gasteiger partial charge in [0.15, 0.2) is 0 Å². The van der Waals surface area contributed by atoms with E-state index < -0.39 is 11.7 Å². The molecule has 1 aromatic rings. The van der Waals surface area contributed by atoms with Crippen LogP contribution in [0.2, 0.25) is 0 Å². The first kappa shape index (κ1) is 15.7. The van der Waals surface area contributed by atoms with Crippen molar-refractivity contribution in [1.29, 1.82) is 5.26 Å². The first-order valence-corrected chi connectivity index (χ1v) is 7.19. The third-order valence-electron chi connectivity index (χ3n) is 4.23. The molecule has 1 N–H and O–H groups in total. The molecule has 114 valence electrons. The summed E-state index contributed by atoms with van der Waals surface area (Å²) in [5.74, 6) is 0. The van der Waals surface area contributed by atoms with Gasteiger partial charge in [-0.1, -0.05) is 26.2 Å². The third-order valence-corrected chi connectivity index (χ3v) is 4.23. The molecule has 0 saturated heterocycles. The number of hydrogen-bond donors (Lipinski definition) is 1. The lowest BCUT2D eigenvalue weighted by molar-refractivity contribution is -0.137. The second-order valence-corrected chi connectivity index (χ2v) is 6.09. The molecule has 0 aromatic heterocycles. The molecule has 0 unspecified atom stereocenters. The van der Waals surface area contributed by atoms with E-state index in [1.54, 1.807) is 12.1 Å². The van der Waals surface area contributed by atoms with Crippen LogP contribution in [0.5, 0.6) is 0 Å². The van der Waals surface area contributed by atoms with Crippen molar-refractivity contribution in [3.63, 3.8) is 0 Å². The normalized spacial score (nSPS) is 18.0. The molecule has 21 heavy (non-hydrogen) atoms. The Balaban J connectivity index is 2.12. The SMILES string of the molecule is CC1(CNc2ccc(C#N)c(C(F)(F)F)c2)CCCCC1. The van der Waals surface area contributed by atoms with Crippen LogP contribution in [0.15, 0.2) is 18.2 Å². The van der Waals surface area contributed by atoms with E-state index >= 15 is 0 Å². The van der Waals surface area contributed by atoms with E-state index in [0.717, 1.165) is 18.9 Å². The van der Waals surface area contributed by atoms with E-state index in [1.165, 1.54) is 25.3 Å². The number of hydrogen-bond acceptors (Lipinski definition) is 2. The van der Waals surface area contributed by atoms with Gasteiger partial charge in [-0.05, 0) is 36.5 Å². The molecule has 0 bridgehead atoms. The van der Waals surface area contributed by atoms with Crippen molar-refractivity contribution in [3.05, 3.63) is 29.3 Å². The van der Waals surface area contributed by atoms with Crippen molar-refractivity contribution >= 4 is 5.69 Å². The number of benzene rings is 1. The van der Waals surface area contributed by atoms with Gasteiger partial charge in [-0.25, -0.2) is 0 Å². The molecule has 0 heterocycles. The molecule has 1 aromatic carbocycles. The fourth-order valence-corrected chi connectivity index (χ4v) is 2.88. The Hall–Kier alpha value is -1.70. The van der Waals surface area contributed by atoms with Crippen molar-refractivity contribution < 1.29 is 13.2 Å². The minimum Gasteiger partial charge on any atom is -0.384 e. The van der Waals surface area contributed by atoms with Crippen LogP contribution >= 0.6 is 0 Å². The monoisotopic (exact) mass is 296 g/mol. The molecular weight excluding hydrogens is 277 g/mol. The van der Waals surface area contributed by atoms with Gasteiger partial charge >= 0.3 is 6.18 Å². The second kappa shape index (κ2) is 5.97. The lowest BCUT2D eigenvalue weighted by Gasteiger charge is -2.34. The highest BCUT2D eigenvalue weighted by Crippen LogP contribution is 2.37. The van der Waals surface area contributed by atoms with Crippen LogP contribution in [0, 0.1) is 16.7 Å². The van der Waals surface area contributed by atoms with Gasteiger partial charge in [-0.3, -0.25) is 0 Å². The first-order valence-electron chi connectivity index (χ1n) is 7.19. The summed E-state index contributed by atoms with van der Waals surface area (Å²) in [6.45, 7) is 2.84. The molecule has 0 atom stereocenters. The van der Waals surface area contributed by atoms with Gasteiger partial charge in [0.25, 0.3) is 0 Å². The van der Waals surface area contributed by atoms with Crippen LogP contribution in [0.3, 0.4) is 0 Å². The number of nitrogens with one attached hydrogen (secondary N) is 1. The zero-order valence-electron chi connectivity index (χ0n) is 12.1. The Morgan fingerprint density at radius 2 is 1.90 bits per heavy atom. The maximum absolute atomic E-state index is 12.9. The molecule has 1 fully saturated rings. The molecule has 2 rings (SSSR count). The van der Waals surface area contributed by atoms with Crippen molar-refractivity contribution in [1.82, 2.24) is 0 Å². The summed E-state index contributed by atoms with van der Waals surface area (Å²) in [7, 11) is 0. The number of anilines is 1. The van der Waals surface area contributed by atoms with Crippen LogP contribution < -0.4 is 5.32 Å². The zero-order chi connectivity index (χ0) is 15.5. The lowest BCUT2D eigenvalue weighted by Crippen LogP contribution is -2.29. The molecule has 0 aliphatic heterocycles. The lowest BCUT2D eigenvalue weighted by atomic mass is 9.76. The van der Waals surface area contributed by atoms with Gasteiger partial charge in [0.1, 0.15) is 0 Å². The molecule has 2 nitrogen and oxygen atoms in total. The van der Waals surface area contributed by atoms with Crippen molar-refractivity contribution in [2.45, 2.75) is 45.2 Å². The van der Waals surface area contributed by atoms with Gasteiger partial charge < -0.3 is 5.32 Å². The minimum atomic E-state index is -4.50. The highest BCUT2D eigenvalue weighted by atomic mass is 19.4. The maximum Gasteiger partial charge on any atom is 0.417 e. The highest BCUT2D eigenvalue weighted by molar-refractivity contribution is 5.53. The molecule has 1 saturated carbocycles. The van der Waals surface area contributed by atoms with Gasteiger partial charge in [-0.15, -0.1) is 0 Å². The average molecular weight is 296 g/mol. The van der Waals surface area contributed by atoms with Crippen molar-refractivity contribution in [3.8, 4) is 6.07 Å². The quantitative estimate of drug-likeness (QED) is 0.855. The minimum absolute atomic E-state index is 0.143. The molecule has 0 amide bonds. The molecule has 5 heteroatoms. The Morgan fingerprint density at radius 1 is 1.24 bits per heavy atom. The summed E-state index contributed by atoms with van der Waals surface area (Å²) < 4.78 is 38.7. The van der Waals surface area contributed by atoms with Gasteiger partial charge in [-0.2, -0.15) is 18.4 Å². The summed E-state index contributed by atoms with van der Waals surface area (Å²) in [6, 6.07) is 5.40. The number of halogens is 3. The summed E-state index contributed by atoms with van der Waals surface area (Å²) in [5.41, 5.74) is -0.640. The van der Waals surface area contributed by atoms with Crippen molar-refractivity contribution in [2.24, 2.45) is 5.41 Å². The number of rotatable bonds is 3. The van der Waals surface area contributed by atoms with E-state index in [0.29, 0.717) is 12.2 Å². The summed E-state index contributed by atoms with van der Waals surface area (Å²) >= 11 is 0. The van der Waals surface area contributed by atoms with Crippen LogP contribution in [0.4, 0.5) is 18.9 Å².